The number of piperidine rings is 1. The van der Waals surface area contributed by atoms with Crippen LogP contribution in [0, 0.1) is 17.2 Å². The number of allylic oxidation sites excluding steroid dienone is 2. The fraction of sp³-hybridized carbons (Fsp3) is 0.421. The van der Waals surface area contributed by atoms with Crippen molar-refractivity contribution in [1.29, 1.82) is 5.26 Å². The van der Waals surface area contributed by atoms with Crippen molar-refractivity contribution in [3.8, 4) is 6.07 Å². The molecule has 0 unspecified atom stereocenters. The lowest BCUT2D eigenvalue weighted by molar-refractivity contribution is 0.0322. The largest absolute Gasteiger partial charge is 0.443 e. The van der Waals surface area contributed by atoms with Crippen LogP contribution in [0.4, 0.5) is 4.79 Å². The minimum atomic E-state index is -0.581. The highest BCUT2D eigenvalue weighted by Crippen LogP contribution is 2.66. The molecule has 0 aromatic heterocycles. The van der Waals surface area contributed by atoms with Crippen molar-refractivity contribution in [2.45, 2.75) is 38.2 Å². The van der Waals surface area contributed by atoms with Crippen molar-refractivity contribution in [2.24, 2.45) is 5.92 Å². The first-order valence-corrected chi connectivity index (χ1v) is 8.08. The maximum absolute atomic E-state index is 12.5. The Labute approximate surface area is 140 Å². The van der Waals surface area contributed by atoms with Gasteiger partial charge in [-0.2, -0.15) is 5.26 Å². The third-order valence-corrected chi connectivity index (χ3v) is 5.03. The first-order valence-electron chi connectivity index (χ1n) is 8.08. The Hall–Kier alpha value is -2.61. The topological polar surface area (TPSA) is 70.4 Å². The number of ether oxygens (including phenoxy) is 1. The minimum absolute atomic E-state index is 0.115. The molecule has 2 fully saturated rings. The van der Waals surface area contributed by atoms with Gasteiger partial charge in [-0.1, -0.05) is 0 Å². The summed E-state index contributed by atoms with van der Waals surface area (Å²) >= 11 is 0. The van der Waals surface area contributed by atoms with Crippen molar-refractivity contribution in [1.82, 2.24) is 4.90 Å². The lowest BCUT2D eigenvalue weighted by Crippen LogP contribution is -2.37. The minimum Gasteiger partial charge on any atom is -0.443 e. The molecular formula is C19H18N2O3. The van der Waals surface area contributed by atoms with E-state index in [0.29, 0.717) is 17.7 Å². The predicted octanol–water partition coefficient (Wildman–Crippen LogP) is 3.15. The molecule has 0 radical (unpaired) electrons. The Morgan fingerprint density at radius 2 is 2.17 bits per heavy atom. The normalized spacial score (nSPS) is 26.8. The molecule has 1 amide bonds. The molecule has 1 aliphatic heterocycles. The summed E-state index contributed by atoms with van der Waals surface area (Å²) in [5.41, 5.74) is 1.93. The highest BCUT2D eigenvalue weighted by atomic mass is 16.6. The van der Waals surface area contributed by atoms with Gasteiger partial charge < -0.3 is 4.74 Å². The molecule has 122 valence electrons. The van der Waals surface area contributed by atoms with Gasteiger partial charge in [0.15, 0.2) is 5.78 Å². The molecule has 3 aliphatic rings. The summed E-state index contributed by atoms with van der Waals surface area (Å²) in [6.07, 6.45) is 2.08. The van der Waals surface area contributed by atoms with Crippen LogP contribution >= 0.6 is 0 Å². The summed E-state index contributed by atoms with van der Waals surface area (Å²) in [6, 6.07) is 7.34. The molecule has 1 saturated carbocycles. The van der Waals surface area contributed by atoms with Crippen LogP contribution in [0.1, 0.15) is 48.7 Å². The van der Waals surface area contributed by atoms with E-state index in [2.05, 4.69) is 6.07 Å². The number of fused-ring (bicyclic) bond motifs is 1. The molecule has 5 nitrogen and oxygen atoms in total. The van der Waals surface area contributed by atoms with Crippen molar-refractivity contribution in [2.75, 3.05) is 6.54 Å². The second kappa shape index (κ2) is 4.47. The zero-order valence-corrected chi connectivity index (χ0v) is 13.9. The van der Waals surface area contributed by atoms with Crippen LogP contribution in [0.3, 0.4) is 0 Å². The summed E-state index contributed by atoms with van der Waals surface area (Å²) in [4.78, 5) is 26.6. The van der Waals surface area contributed by atoms with Gasteiger partial charge in [-0.3, -0.25) is 9.69 Å². The number of nitrogens with zero attached hydrogens (tertiary/aromatic N) is 2. The van der Waals surface area contributed by atoms with Gasteiger partial charge in [0, 0.05) is 29.3 Å². The molecular weight excluding hydrogens is 304 g/mol. The summed E-state index contributed by atoms with van der Waals surface area (Å²) in [7, 11) is 0. The Kier molecular flexibility index (Phi) is 2.79. The first-order chi connectivity index (χ1) is 11.3. The van der Waals surface area contributed by atoms with Crippen LogP contribution < -0.4 is 0 Å². The number of ketones is 1. The number of amides is 1. The summed E-state index contributed by atoms with van der Waals surface area (Å²) in [5, 5.41) is 9.18. The van der Waals surface area contributed by atoms with Crippen molar-refractivity contribution < 1.29 is 14.3 Å². The van der Waals surface area contributed by atoms with Gasteiger partial charge >= 0.3 is 6.09 Å². The van der Waals surface area contributed by atoms with Crippen LogP contribution in [0.15, 0.2) is 30.0 Å². The lowest BCUT2D eigenvalue weighted by atomic mass is 9.81. The Morgan fingerprint density at radius 3 is 2.83 bits per heavy atom. The summed E-state index contributed by atoms with van der Waals surface area (Å²) < 4.78 is 5.49. The van der Waals surface area contributed by atoms with E-state index in [-0.39, 0.29) is 17.1 Å². The number of carbonyl (C=O) groups is 2. The van der Waals surface area contributed by atoms with Crippen LogP contribution in [-0.4, -0.2) is 28.9 Å². The molecule has 1 saturated heterocycles. The van der Waals surface area contributed by atoms with E-state index in [1.807, 2.05) is 20.8 Å². The predicted molar refractivity (Wildman–Crippen MR) is 86.3 cm³/mol. The second-order valence-electron chi connectivity index (χ2n) is 7.73. The highest BCUT2D eigenvalue weighted by molar-refractivity contribution is 6.09. The number of nitriles is 1. The molecule has 2 aliphatic carbocycles. The van der Waals surface area contributed by atoms with Crippen molar-refractivity contribution >= 4 is 11.9 Å². The lowest BCUT2D eigenvalue weighted by Gasteiger charge is -2.31. The Balaban J connectivity index is 1.76. The molecule has 0 N–H and O–H groups in total. The average Bonchev–Trinajstić information content (AvgIpc) is 3.13. The monoisotopic (exact) mass is 322 g/mol. The fourth-order valence-corrected chi connectivity index (χ4v) is 3.99. The molecule has 5 heteroatoms. The standard InChI is InChI=1S/C19H18N2O3/c1-18(2,3)24-17(23)21-10-12-8-19(12)14-6-11(9-20)4-5-13(14)15(22)7-16(19)21/h4-7,12H,8,10H2,1-3H3/t12-,19-/m0/s1. The van der Waals surface area contributed by atoms with Gasteiger partial charge in [0.1, 0.15) is 5.60 Å². The number of hydrogen-bond donors (Lipinski definition) is 0. The number of carbonyl (C=O) groups excluding carboxylic acids is 2. The van der Waals surface area contributed by atoms with Gasteiger partial charge in [-0.15, -0.1) is 0 Å². The first kappa shape index (κ1) is 14.9. The van der Waals surface area contributed by atoms with E-state index in [0.717, 1.165) is 17.7 Å². The molecule has 1 heterocycles. The van der Waals surface area contributed by atoms with E-state index < -0.39 is 11.7 Å². The zero-order valence-electron chi connectivity index (χ0n) is 13.9. The van der Waals surface area contributed by atoms with Gasteiger partial charge in [-0.05, 0) is 56.9 Å². The molecule has 24 heavy (non-hydrogen) atoms. The van der Waals surface area contributed by atoms with Crippen LogP contribution in [0.5, 0.6) is 0 Å². The third-order valence-electron chi connectivity index (χ3n) is 5.03. The highest BCUT2D eigenvalue weighted by Gasteiger charge is 2.67. The van der Waals surface area contributed by atoms with Gasteiger partial charge in [0.05, 0.1) is 11.6 Å². The van der Waals surface area contributed by atoms with Crippen LogP contribution in [0.2, 0.25) is 0 Å². The third kappa shape index (κ3) is 1.92. The molecule has 4 rings (SSSR count). The van der Waals surface area contributed by atoms with E-state index in [1.165, 1.54) is 0 Å². The van der Waals surface area contributed by atoms with E-state index in [9.17, 15) is 14.9 Å². The quantitative estimate of drug-likeness (QED) is 0.735. The SMILES string of the molecule is CC(C)(C)OC(=O)N1C[C@@H]2C[C@]23C1=CC(=O)c1ccc(C#N)cc13. The summed E-state index contributed by atoms with van der Waals surface area (Å²) in [6.45, 7) is 6.04. The molecule has 1 aromatic carbocycles. The number of benzene rings is 1. The van der Waals surface area contributed by atoms with Crippen molar-refractivity contribution in [3.63, 3.8) is 0 Å². The number of likely N-dealkylation sites (tertiary alicyclic amines) is 1. The van der Waals surface area contributed by atoms with E-state index in [4.69, 9.17) is 4.74 Å². The van der Waals surface area contributed by atoms with Gasteiger partial charge in [0.25, 0.3) is 0 Å². The molecule has 0 bridgehead atoms. The summed E-state index contributed by atoms with van der Waals surface area (Å²) in [5.74, 6) is 0.174. The van der Waals surface area contributed by atoms with E-state index >= 15 is 0 Å². The maximum atomic E-state index is 12.5. The molecule has 2 atom stereocenters. The van der Waals surface area contributed by atoms with Crippen LogP contribution in [-0.2, 0) is 10.2 Å². The second-order valence-corrected chi connectivity index (χ2v) is 7.73. The van der Waals surface area contributed by atoms with Crippen molar-refractivity contribution in [3.05, 3.63) is 46.7 Å². The van der Waals surface area contributed by atoms with Crippen LogP contribution in [0.25, 0.3) is 0 Å². The number of rotatable bonds is 0. The molecule has 1 spiro atoms. The average molecular weight is 322 g/mol. The molecule has 1 aromatic rings. The smallest absolute Gasteiger partial charge is 0.414 e. The maximum Gasteiger partial charge on any atom is 0.414 e. The fourth-order valence-electron chi connectivity index (χ4n) is 3.99. The van der Waals surface area contributed by atoms with Gasteiger partial charge in [-0.25, -0.2) is 4.79 Å². The Morgan fingerprint density at radius 1 is 1.42 bits per heavy atom. The van der Waals surface area contributed by atoms with E-state index in [1.54, 1.807) is 29.2 Å². The Bertz CT molecular complexity index is 856. The van der Waals surface area contributed by atoms with Gasteiger partial charge in [0.2, 0.25) is 0 Å². The zero-order chi connectivity index (χ0) is 17.3. The number of hydrogen-bond acceptors (Lipinski definition) is 4.